The first-order valence-electron chi connectivity index (χ1n) is 20.4. The molecule has 1 aliphatic heterocycles. The molecule has 1 heterocycles. The zero-order valence-electron chi connectivity index (χ0n) is 34.0. The average molecular weight is 834 g/mol. The number of oxime groups is 1. The summed E-state index contributed by atoms with van der Waals surface area (Å²) in [6.45, 7) is 7.59. The molecular formula is C45H56FN3O9S. The monoisotopic (exact) mass is 833 g/mol. The van der Waals surface area contributed by atoms with E-state index in [1.165, 1.54) is 36.5 Å². The number of aliphatic hydroxyl groups excluding tert-OH is 2. The Hall–Kier alpha value is -4.60. The molecule has 12 nitrogen and oxygen atoms in total. The number of likely N-dealkylation sites (N-methyl/N-ethyl adjacent to an activating group) is 1. The van der Waals surface area contributed by atoms with Crippen molar-refractivity contribution in [1.82, 2.24) is 4.31 Å². The number of amides is 1. The lowest BCUT2D eigenvalue weighted by atomic mass is 9.55. The lowest BCUT2D eigenvalue weighted by molar-refractivity contribution is -0.250. The van der Waals surface area contributed by atoms with Crippen LogP contribution in [-0.2, 0) is 31.0 Å². The minimum absolute atomic E-state index is 0.00332. The zero-order valence-corrected chi connectivity index (χ0v) is 34.8. The van der Waals surface area contributed by atoms with Crippen LogP contribution in [0.4, 0.5) is 10.1 Å². The molecule has 59 heavy (non-hydrogen) atoms. The number of carbonyl (C=O) groups excluding carboxylic acids is 1. The van der Waals surface area contributed by atoms with Crippen LogP contribution in [-0.4, -0.2) is 79.9 Å². The summed E-state index contributed by atoms with van der Waals surface area (Å²) in [6.07, 6.45) is 8.16. The van der Waals surface area contributed by atoms with Gasteiger partial charge < -0.3 is 34.6 Å². The third-order valence-electron chi connectivity index (χ3n) is 11.6. The Morgan fingerprint density at radius 2 is 1.80 bits per heavy atom. The summed E-state index contributed by atoms with van der Waals surface area (Å²) in [5.41, 5.74) is 3.12. The molecule has 3 N–H and O–H groups in total. The maximum absolute atomic E-state index is 14.7. The first-order valence-corrected chi connectivity index (χ1v) is 21.8. The van der Waals surface area contributed by atoms with Gasteiger partial charge in [0.1, 0.15) is 30.5 Å². The summed E-state index contributed by atoms with van der Waals surface area (Å²) in [5, 5.41) is 27.0. The zero-order chi connectivity index (χ0) is 42.2. The maximum atomic E-state index is 14.7. The maximum Gasteiger partial charge on any atom is 0.243 e. The number of hydrogen-bond acceptors (Lipinski definition) is 10. The van der Waals surface area contributed by atoms with E-state index in [0.717, 1.165) is 36.8 Å². The second-order valence-electron chi connectivity index (χ2n) is 15.3. The van der Waals surface area contributed by atoms with Crippen molar-refractivity contribution < 1.29 is 46.9 Å². The fourth-order valence-corrected chi connectivity index (χ4v) is 10.3. The van der Waals surface area contributed by atoms with E-state index in [4.69, 9.17) is 19.0 Å². The molecule has 3 aromatic carbocycles. The molecule has 6 atom stereocenters. The summed E-state index contributed by atoms with van der Waals surface area (Å²) in [5.74, 6) is -2.21. The summed E-state index contributed by atoms with van der Waals surface area (Å²) in [6, 6.07) is 17.0. The van der Waals surface area contributed by atoms with E-state index in [9.17, 15) is 27.8 Å². The van der Waals surface area contributed by atoms with Gasteiger partial charge in [-0.3, -0.25) is 4.79 Å². The number of nitrogens with one attached hydrogen (secondary N) is 1. The molecule has 318 valence electrons. The molecule has 6 unspecified atom stereocenters. The van der Waals surface area contributed by atoms with Crippen molar-refractivity contribution in [2.45, 2.75) is 88.0 Å². The number of ether oxygens (including phenoxy) is 3. The van der Waals surface area contributed by atoms with Crippen LogP contribution in [0.1, 0.15) is 75.8 Å². The highest BCUT2D eigenvalue weighted by molar-refractivity contribution is 7.89. The second-order valence-corrected chi connectivity index (χ2v) is 17.3. The Morgan fingerprint density at radius 3 is 2.47 bits per heavy atom. The normalized spacial score (nSPS) is 24.1. The lowest BCUT2D eigenvalue weighted by Crippen LogP contribution is -2.69. The number of nitrogens with zero attached hydrogens (tertiary/aromatic N) is 2. The molecule has 0 radical (unpaired) electrons. The lowest BCUT2D eigenvalue weighted by Gasteiger charge is -2.59. The topological polar surface area (TPSA) is 156 Å². The standard InChI is InChI=1S/C45H56FN3O9S/c1-5-25-56-45-42(49(4)59(53,54)35-20-17-33(18-21-35)47-30(3)52)28-40(48-57-6-2)37-26-31(13-9-11-23-50)36(15-10-12-24-51)43(44(37)45)38-27-34(19-22-41(38)58-45)55-29-32-14-7-8-16-39(32)46/h5,7-8,14,16-22,26-27,31,36,42-44,50-51H,1,6,9-13,15,23-25,28-29H2,2-4H3,(H,47,52). The molecule has 6 rings (SSSR count). The van der Waals surface area contributed by atoms with Gasteiger partial charge in [0.15, 0.2) is 0 Å². The molecule has 2 aliphatic carbocycles. The van der Waals surface area contributed by atoms with E-state index in [-0.39, 0.29) is 73.8 Å². The van der Waals surface area contributed by atoms with Gasteiger partial charge in [-0.25, -0.2) is 12.8 Å². The predicted octanol–water partition coefficient (Wildman–Crippen LogP) is 7.34. The Labute approximate surface area is 346 Å². The molecule has 1 amide bonds. The summed E-state index contributed by atoms with van der Waals surface area (Å²) >= 11 is 0. The van der Waals surface area contributed by atoms with E-state index in [1.54, 1.807) is 48.5 Å². The van der Waals surface area contributed by atoms with Crippen LogP contribution in [0, 0.1) is 23.6 Å². The highest BCUT2D eigenvalue weighted by Gasteiger charge is 2.65. The number of benzene rings is 3. The van der Waals surface area contributed by atoms with Crippen molar-refractivity contribution in [2.24, 2.45) is 22.9 Å². The number of fused-ring (bicyclic) bond motifs is 2. The SMILES string of the molecule is C=CCOC12Oc3ccc(OCc4ccccc4F)cc3C3C(CCCCO)C(CCCCO)C=C(C(=NOCC)CC1N(C)S(=O)(=O)c1ccc(NC(C)=O)cc1)C32. The van der Waals surface area contributed by atoms with E-state index in [0.29, 0.717) is 41.3 Å². The largest absolute Gasteiger partial charge is 0.489 e. The molecule has 3 aromatic rings. The number of carbonyl (C=O) groups is 1. The van der Waals surface area contributed by atoms with Crippen LogP contribution in [0.5, 0.6) is 11.5 Å². The van der Waals surface area contributed by atoms with Crippen molar-refractivity contribution >= 4 is 27.3 Å². The number of aliphatic hydroxyl groups is 2. The van der Waals surface area contributed by atoms with Crippen LogP contribution in [0.2, 0.25) is 0 Å². The third kappa shape index (κ3) is 9.42. The van der Waals surface area contributed by atoms with Gasteiger partial charge in [-0.2, -0.15) is 4.31 Å². The van der Waals surface area contributed by atoms with Crippen molar-refractivity contribution in [3.63, 3.8) is 0 Å². The first kappa shape index (κ1) is 44.0. The number of hydrogen-bond donors (Lipinski definition) is 3. The van der Waals surface area contributed by atoms with E-state index >= 15 is 0 Å². The van der Waals surface area contributed by atoms with Crippen LogP contribution in [0.15, 0.2) is 101 Å². The van der Waals surface area contributed by atoms with Gasteiger partial charge in [0.05, 0.1) is 29.2 Å². The first-order chi connectivity index (χ1) is 28.5. The predicted molar refractivity (Wildman–Crippen MR) is 223 cm³/mol. The van der Waals surface area contributed by atoms with Gasteiger partial charge in [0, 0.05) is 56.3 Å². The smallest absolute Gasteiger partial charge is 0.243 e. The second kappa shape index (κ2) is 19.6. The summed E-state index contributed by atoms with van der Waals surface area (Å²) in [4.78, 5) is 17.5. The number of sulfonamides is 1. The van der Waals surface area contributed by atoms with Crippen molar-refractivity contribution in [2.75, 3.05) is 38.8 Å². The van der Waals surface area contributed by atoms with Crippen molar-refractivity contribution in [3.8, 4) is 11.5 Å². The van der Waals surface area contributed by atoms with E-state index < -0.39 is 27.8 Å². The van der Waals surface area contributed by atoms with E-state index in [2.05, 4.69) is 23.1 Å². The molecule has 0 aromatic heterocycles. The van der Waals surface area contributed by atoms with Crippen LogP contribution in [0.3, 0.4) is 0 Å². The number of unbranched alkanes of at least 4 members (excludes halogenated alkanes) is 2. The van der Waals surface area contributed by atoms with Gasteiger partial charge in [-0.15, -0.1) is 6.58 Å². The molecule has 0 spiro atoms. The van der Waals surface area contributed by atoms with Crippen LogP contribution >= 0.6 is 0 Å². The molecule has 0 saturated heterocycles. The molecule has 0 bridgehead atoms. The van der Waals surface area contributed by atoms with Gasteiger partial charge in [-0.1, -0.05) is 48.3 Å². The number of allylic oxidation sites excluding steroid dienone is 1. The summed E-state index contributed by atoms with van der Waals surface area (Å²) < 4.78 is 65.6. The number of anilines is 1. The molecule has 1 fully saturated rings. The number of halogens is 1. The van der Waals surface area contributed by atoms with Crippen molar-refractivity contribution in [1.29, 1.82) is 0 Å². The highest BCUT2D eigenvalue weighted by Crippen LogP contribution is 2.62. The Morgan fingerprint density at radius 1 is 1.07 bits per heavy atom. The van der Waals surface area contributed by atoms with Gasteiger partial charge in [0.25, 0.3) is 0 Å². The van der Waals surface area contributed by atoms with Gasteiger partial charge >= 0.3 is 0 Å². The Bertz CT molecular complexity index is 2110. The fourth-order valence-electron chi connectivity index (χ4n) is 8.96. The third-order valence-corrected chi connectivity index (χ3v) is 13.5. The molecule has 1 saturated carbocycles. The fraction of sp³-hybridized carbons (Fsp3) is 0.467. The quantitative estimate of drug-likeness (QED) is 0.0603. The minimum atomic E-state index is -4.23. The molecule has 14 heteroatoms. The summed E-state index contributed by atoms with van der Waals surface area (Å²) in [7, 11) is -2.71. The van der Waals surface area contributed by atoms with Crippen LogP contribution in [0.25, 0.3) is 0 Å². The minimum Gasteiger partial charge on any atom is -0.489 e. The Balaban J connectivity index is 1.54. The van der Waals surface area contributed by atoms with E-state index in [1.807, 2.05) is 13.0 Å². The van der Waals surface area contributed by atoms with Crippen molar-refractivity contribution in [3.05, 3.63) is 108 Å². The molecule has 3 aliphatic rings. The molecular weight excluding hydrogens is 778 g/mol. The Kier molecular flexibility index (Phi) is 14.6. The van der Waals surface area contributed by atoms with Gasteiger partial charge in [0.2, 0.25) is 21.7 Å². The average Bonchev–Trinajstić information content (AvgIpc) is 3.22. The van der Waals surface area contributed by atoms with Crippen LogP contribution < -0.4 is 14.8 Å². The number of rotatable bonds is 20. The highest BCUT2D eigenvalue weighted by atomic mass is 32.2. The van der Waals surface area contributed by atoms with Gasteiger partial charge in [-0.05, 0) is 98.5 Å².